The van der Waals surface area contributed by atoms with Crippen molar-refractivity contribution < 1.29 is 22.5 Å². The highest BCUT2D eigenvalue weighted by molar-refractivity contribution is 7.98. The molecule has 0 atom stereocenters. The van der Waals surface area contributed by atoms with Gasteiger partial charge in [-0.05, 0) is 37.3 Å². The number of carbonyl (C=O) groups is 1. The molecule has 0 aliphatic heterocycles. The molecule has 1 aromatic carbocycles. The predicted octanol–water partition coefficient (Wildman–Crippen LogP) is 4.71. The minimum Gasteiger partial charge on any atom is -0.359 e. The number of imidazole rings is 1. The van der Waals surface area contributed by atoms with E-state index >= 15 is 0 Å². The van der Waals surface area contributed by atoms with Crippen molar-refractivity contribution in [1.29, 1.82) is 0 Å². The third-order valence-electron chi connectivity index (χ3n) is 4.41. The van der Waals surface area contributed by atoms with E-state index in [2.05, 4.69) is 10.1 Å². The van der Waals surface area contributed by atoms with Gasteiger partial charge in [0.15, 0.2) is 16.6 Å². The lowest BCUT2D eigenvalue weighted by atomic mass is 9.97. The number of alkyl halides is 3. The standard InChI is InChI=1S/C18H14F3N3O2S/c1-27-17-14(16(26-23-17)10-2-3-10)15(25)12-5-4-11(24-7-6-22-9-24)8-13(12)18(19,20)21/h4-10H,2-3H2,1H3. The number of hydrogen-bond acceptors (Lipinski definition) is 5. The number of ketones is 1. The number of aromatic nitrogens is 3. The summed E-state index contributed by atoms with van der Waals surface area (Å²) in [4.78, 5) is 16.9. The van der Waals surface area contributed by atoms with Gasteiger partial charge in [-0.15, -0.1) is 11.8 Å². The van der Waals surface area contributed by atoms with Crippen LogP contribution in [-0.4, -0.2) is 26.7 Å². The number of thioether (sulfide) groups is 1. The summed E-state index contributed by atoms with van der Waals surface area (Å²) < 4.78 is 47.8. The van der Waals surface area contributed by atoms with Crippen molar-refractivity contribution >= 4 is 17.5 Å². The minimum absolute atomic E-state index is 0.0527. The Morgan fingerprint density at radius 3 is 2.70 bits per heavy atom. The summed E-state index contributed by atoms with van der Waals surface area (Å²) in [6, 6.07) is 3.62. The fraction of sp³-hybridized carbons (Fsp3) is 0.278. The lowest BCUT2D eigenvalue weighted by Crippen LogP contribution is -2.15. The van der Waals surface area contributed by atoms with Crippen molar-refractivity contribution in [2.45, 2.75) is 30.0 Å². The Bertz CT molecular complexity index is 992. The Morgan fingerprint density at radius 2 is 2.11 bits per heavy atom. The molecule has 1 aliphatic carbocycles. The highest BCUT2D eigenvalue weighted by atomic mass is 32.2. The zero-order valence-electron chi connectivity index (χ0n) is 14.2. The van der Waals surface area contributed by atoms with Crippen LogP contribution < -0.4 is 0 Å². The molecule has 0 amide bonds. The number of rotatable bonds is 5. The van der Waals surface area contributed by atoms with Crippen LogP contribution in [0.1, 0.15) is 46.0 Å². The van der Waals surface area contributed by atoms with Gasteiger partial charge in [0.1, 0.15) is 0 Å². The Kier molecular flexibility index (Phi) is 4.33. The summed E-state index contributed by atoms with van der Waals surface area (Å²) >= 11 is 1.18. The molecule has 140 valence electrons. The summed E-state index contributed by atoms with van der Waals surface area (Å²) in [5.74, 6) is -0.278. The molecule has 0 unspecified atom stereocenters. The predicted molar refractivity (Wildman–Crippen MR) is 92.3 cm³/mol. The fourth-order valence-electron chi connectivity index (χ4n) is 2.93. The largest absolute Gasteiger partial charge is 0.417 e. The summed E-state index contributed by atoms with van der Waals surface area (Å²) in [6.45, 7) is 0. The molecule has 1 fully saturated rings. The van der Waals surface area contributed by atoms with Crippen molar-refractivity contribution in [2.24, 2.45) is 0 Å². The van der Waals surface area contributed by atoms with Gasteiger partial charge in [-0.1, -0.05) is 5.16 Å². The first-order valence-corrected chi connectivity index (χ1v) is 9.40. The Hall–Kier alpha value is -2.55. The first-order chi connectivity index (χ1) is 12.9. The second-order valence-corrected chi connectivity index (χ2v) is 7.03. The van der Waals surface area contributed by atoms with Crippen LogP contribution in [0.3, 0.4) is 0 Å². The topological polar surface area (TPSA) is 60.9 Å². The second kappa shape index (κ2) is 6.56. The quantitative estimate of drug-likeness (QED) is 0.464. The Balaban J connectivity index is 1.84. The van der Waals surface area contributed by atoms with Crippen LogP contribution in [0.5, 0.6) is 0 Å². The van der Waals surface area contributed by atoms with E-state index in [4.69, 9.17) is 4.52 Å². The van der Waals surface area contributed by atoms with Gasteiger partial charge >= 0.3 is 6.18 Å². The molecule has 0 N–H and O–H groups in total. The minimum atomic E-state index is -4.68. The van der Waals surface area contributed by atoms with Gasteiger partial charge in [-0.2, -0.15) is 13.2 Å². The number of carbonyl (C=O) groups excluding carboxylic acids is 1. The van der Waals surface area contributed by atoms with Crippen LogP contribution in [0.4, 0.5) is 13.2 Å². The second-order valence-electron chi connectivity index (χ2n) is 6.23. The highest BCUT2D eigenvalue weighted by Crippen LogP contribution is 2.45. The Labute approximate surface area is 156 Å². The van der Waals surface area contributed by atoms with Crippen LogP contribution in [0.25, 0.3) is 5.69 Å². The number of halogens is 3. The third kappa shape index (κ3) is 3.27. The van der Waals surface area contributed by atoms with E-state index in [1.165, 1.54) is 47.2 Å². The van der Waals surface area contributed by atoms with Crippen LogP contribution in [-0.2, 0) is 6.18 Å². The van der Waals surface area contributed by atoms with Crippen molar-refractivity contribution in [1.82, 2.24) is 14.7 Å². The van der Waals surface area contributed by atoms with Gasteiger partial charge in [0.2, 0.25) is 0 Å². The van der Waals surface area contributed by atoms with Gasteiger partial charge in [0, 0.05) is 29.6 Å². The molecule has 0 saturated heterocycles. The molecule has 27 heavy (non-hydrogen) atoms. The van der Waals surface area contributed by atoms with Gasteiger partial charge in [-0.25, -0.2) is 4.98 Å². The monoisotopic (exact) mass is 393 g/mol. The van der Waals surface area contributed by atoms with Crippen molar-refractivity contribution in [3.8, 4) is 5.69 Å². The SMILES string of the molecule is CSc1noc(C2CC2)c1C(=O)c1ccc(-n2ccnc2)cc1C(F)(F)F. The van der Waals surface area contributed by atoms with E-state index in [0.29, 0.717) is 10.8 Å². The molecule has 1 aliphatic rings. The highest BCUT2D eigenvalue weighted by Gasteiger charge is 2.40. The van der Waals surface area contributed by atoms with Crippen LogP contribution in [0, 0.1) is 0 Å². The summed E-state index contributed by atoms with van der Waals surface area (Å²) in [7, 11) is 0. The molecular weight excluding hydrogens is 379 g/mol. The van der Waals surface area contributed by atoms with E-state index in [1.807, 2.05) is 0 Å². The zero-order valence-corrected chi connectivity index (χ0v) is 15.0. The molecule has 0 radical (unpaired) electrons. The summed E-state index contributed by atoms with van der Waals surface area (Å²) in [5, 5.41) is 4.18. The van der Waals surface area contributed by atoms with Crippen LogP contribution >= 0.6 is 11.8 Å². The van der Waals surface area contributed by atoms with E-state index in [0.717, 1.165) is 18.9 Å². The average Bonchev–Trinajstić information content (AvgIpc) is 3.18. The molecule has 0 spiro atoms. The maximum Gasteiger partial charge on any atom is 0.417 e. The lowest BCUT2D eigenvalue weighted by molar-refractivity contribution is -0.137. The lowest BCUT2D eigenvalue weighted by Gasteiger charge is -2.14. The van der Waals surface area contributed by atoms with E-state index in [-0.39, 0.29) is 17.2 Å². The smallest absolute Gasteiger partial charge is 0.359 e. The number of hydrogen-bond donors (Lipinski definition) is 0. The number of benzene rings is 1. The van der Waals surface area contributed by atoms with E-state index < -0.39 is 23.1 Å². The van der Waals surface area contributed by atoms with Crippen molar-refractivity contribution in [2.75, 3.05) is 6.26 Å². The van der Waals surface area contributed by atoms with Gasteiger partial charge in [-0.3, -0.25) is 4.79 Å². The molecule has 4 rings (SSSR count). The molecule has 3 aromatic rings. The molecule has 9 heteroatoms. The maximum absolute atomic E-state index is 13.7. The third-order valence-corrected chi connectivity index (χ3v) is 5.08. The molecular formula is C18H14F3N3O2S. The molecule has 2 aromatic heterocycles. The summed E-state index contributed by atoms with van der Waals surface area (Å²) in [6.07, 6.45) is 3.11. The first-order valence-electron chi connectivity index (χ1n) is 8.18. The zero-order chi connectivity index (χ0) is 19.2. The molecule has 0 bridgehead atoms. The van der Waals surface area contributed by atoms with Crippen molar-refractivity contribution in [3.05, 3.63) is 59.4 Å². The normalized spacial score (nSPS) is 14.5. The maximum atomic E-state index is 13.7. The van der Waals surface area contributed by atoms with E-state index in [9.17, 15) is 18.0 Å². The number of nitrogens with zero attached hydrogens (tertiary/aromatic N) is 3. The van der Waals surface area contributed by atoms with Crippen LogP contribution in [0.2, 0.25) is 0 Å². The van der Waals surface area contributed by atoms with Crippen LogP contribution in [0.15, 0.2) is 46.5 Å². The van der Waals surface area contributed by atoms with Gasteiger partial charge < -0.3 is 9.09 Å². The van der Waals surface area contributed by atoms with Crippen molar-refractivity contribution in [3.63, 3.8) is 0 Å². The fourth-order valence-corrected chi connectivity index (χ4v) is 3.44. The van der Waals surface area contributed by atoms with E-state index in [1.54, 1.807) is 6.26 Å². The molecule has 5 nitrogen and oxygen atoms in total. The molecule has 2 heterocycles. The molecule has 1 saturated carbocycles. The summed E-state index contributed by atoms with van der Waals surface area (Å²) in [5.41, 5.74) is -0.986. The first kappa shape index (κ1) is 17.8. The Morgan fingerprint density at radius 1 is 1.33 bits per heavy atom. The average molecular weight is 393 g/mol. The van der Waals surface area contributed by atoms with Gasteiger partial charge in [0.05, 0.1) is 17.5 Å². The van der Waals surface area contributed by atoms with Gasteiger partial charge in [0.25, 0.3) is 0 Å².